The summed E-state index contributed by atoms with van der Waals surface area (Å²) in [6.07, 6.45) is 0.922. The number of esters is 1. The lowest BCUT2D eigenvalue weighted by Crippen LogP contribution is -2.52. The molecule has 1 heterocycles. The van der Waals surface area contributed by atoms with Gasteiger partial charge in [0, 0.05) is 17.5 Å². The van der Waals surface area contributed by atoms with E-state index in [1.54, 1.807) is 39.0 Å². The van der Waals surface area contributed by atoms with E-state index in [0.29, 0.717) is 23.3 Å². The second kappa shape index (κ2) is 8.86. The van der Waals surface area contributed by atoms with Gasteiger partial charge in [0.15, 0.2) is 6.61 Å². The molecule has 1 saturated heterocycles. The van der Waals surface area contributed by atoms with E-state index in [4.69, 9.17) is 9.47 Å². The zero-order chi connectivity index (χ0) is 20.9. The summed E-state index contributed by atoms with van der Waals surface area (Å²) in [5.41, 5.74) is 0.363. The molecule has 1 aromatic rings. The van der Waals surface area contributed by atoms with Crippen LogP contribution in [0, 0.1) is 0 Å². The Labute approximate surface area is 164 Å². The van der Waals surface area contributed by atoms with Crippen LogP contribution in [0.3, 0.4) is 0 Å². The van der Waals surface area contributed by atoms with Crippen LogP contribution in [0.2, 0.25) is 0 Å². The zero-order valence-corrected chi connectivity index (χ0v) is 16.6. The average molecular weight is 390 g/mol. The van der Waals surface area contributed by atoms with E-state index in [2.05, 4.69) is 10.6 Å². The third-order valence-corrected chi connectivity index (χ3v) is 4.04. The van der Waals surface area contributed by atoms with Crippen molar-refractivity contribution in [2.75, 3.05) is 6.61 Å². The van der Waals surface area contributed by atoms with Gasteiger partial charge in [-0.1, -0.05) is 13.0 Å². The van der Waals surface area contributed by atoms with Crippen LogP contribution in [0.1, 0.15) is 56.5 Å². The Morgan fingerprint density at radius 3 is 2.57 bits per heavy atom. The fourth-order valence-corrected chi connectivity index (χ4v) is 2.85. The highest BCUT2D eigenvalue weighted by atomic mass is 16.6. The number of ether oxygens (including phenoxy) is 2. The molecule has 0 spiro atoms. The molecule has 1 aromatic carbocycles. The lowest BCUT2D eigenvalue weighted by molar-refractivity contribution is -0.157. The molecule has 28 heavy (non-hydrogen) atoms. The second-order valence-corrected chi connectivity index (χ2v) is 7.49. The first-order valence-corrected chi connectivity index (χ1v) is 9.21. The summed E-state index contributed by atoms with van der Waals surface area (Å²) in [7, 11) is 0. The summed E-state index contributed by atoms with van der Waals surface area (Å²) < 4.78 is 10.8. The Morgan fingerprint density at radius 2 is 1.96 bits per heavy atom. The Balaban J connectivity index is 2.09. The number of rotatable bonds is 6. The van der Waals surface area contributed by atoms with Crippen molar-refractivity contribution in [1.29, 1.82) is 0 Å². The Hall–Kier alpha value is -2.90. The predicted octanol–water partition coefficient (Wildman–Crippen LogP) is 1.50. The van der Waals surface area contributed by atoms with Gasteiger partial charge in [-0.25, -0.2) is 4.79 Å². The molecule has 1 aliphatic rings. The number of imide groups is 1. The summed E-state index contributed by atoms with van der Waals surface area (Å²) in [4.78, 5) is 47.6. The standard InChI is InChI=1S/C20H26N2O6/c1-5-12-13(18(25)21-14-9-10-16(23)22-19(14)26)7-6-8-15(12)27-11-17(24)28-20(2,3)4/h6-8,14H,5,9-11H2,1-4H3,(H,21,25)(H,22,23,26). The summed E-state index contributed by atoms with van der Waals surface area (Å²) in [6.45, 7) is 6.88. The van der Waals surface area contributed by atoms with E-state index in [1.165, 1.54) is 0 Å². The molecular formula is C20H26N2O6. The van der Waals surface area contributed by atoms with Crippen molar-refractivity contribution in [2.45, 2.75) is 58.6 Å². The van der Waals surface area contributed by atoms with Crippen LogP contribution in [0.25, 0.3) is 0 Å². The van der Waals surface area contributed by atoms with E-state index in [-0.39, 0.29) is 25.4 Å². The number of benzene rings is 1. The first-order valence-electron chi connectivity index (χ1n) is 9.21. The van der Waals surface area contributed by atoms with Crippen molar-refractivity contribution in [2.24, 2.45) is 0 Å². The fraction of sp³-hybridized carbons (Fsp3) is 0.500. The molecule has 0 radical (unpaired) electrons. The second-order valence-electron chi connectivity index (χ2n) is 7.49. The van der Waals surface area contributed by atoms with Gasteiger partial charge in [-0.15, -0.1) is 0 Å². The van der Waals surface area contributed by atoms with Gasteiger partial charge in [-0.05, 0) is 45.7 Å². The normalized spacial score (nSPS) is 16.9. The highest BCUT2D eigenvalue weighted by Crippen LogP contribution is 2.24. The van der Waals surface area contributed by atoms with Crippen LogP contribution in [0.5, 0.6) is 5.75 Å². The van der Waals surface area contributed by atoms with E-state index < -0.39 is 29.4 Å². The summed E-state index contributed by atoms with van der Waals surface area (Å²) in [5, 5.41) is 4.86. The van der Waals surface area contributed by atoms with Crippen LogP contribution < -0.4 is 15.4 Å². The van der Waals surface area contributed by atoms with Crippen LogP contribution in [0.4, 0.5) is 0 Å². The third kappa shape index (κ3) is 5.80. The van der Waals surface area contributed by atoms with E-state index in [9.17, 15) is 19.2 Å². The highest BCUT2D eigenvalue weighted by molar-refractivity contribution is 6.04. The lowest BCUT2D eigenvalue weighted by atomic mass is 10.0. The molecule has 152 valence electrons. The average Bonchev–Trinajstić information content (AvgIpc) is 2.60. The van der Waals surface area contributed by atoms with Gasteiger partial charge in [-0.2, -0.15) is 0 Å². The van der Waals surface area contributed by atoms with Gasteiger partial charge in [0.05, 0.1) is 0 Å². The summed E-state index contributed by atoms with van der Waals surface area (Å²) in [5.74, 6) is -1.39. The van der Waals surface area contributed by atoms with E-state index in [0.717, 1.165) is 0 Å². The first kappa shape index (κ1) is 21.4. The molecule has 1 unspecified atom stereocenters. The quantitative estimate of drug-likeness (QED) is 0.563. The number of carbonyl (C=O) groups is 4. The first-order chi connectivity index (χ1) is 13.1. The largest absolute Gasteiger partial charge is 0.482 e. The Morgan fingerprint density at radius 1 is 1.25 bits per heavy atom. The topological polar surface area (TPSA) is 111 Å². The maximum atomic E-state index is 12.7. The lowest BCUT2D eigenvalue weighted by Gasteiger charge is -2.23. The Bertz CT molecular complexity index is 781. The zero-order valence-electron chi connectivity index (χ0n) is 16.6. The molecule has 1 aliphatic heterocycles. The van der Waals surface area contributed by atoms with Crippen molar-refractivity contribution < 1.29 is 28.7 Å². The fourth-order valence-electron chi connectivity index (χ4n) is 2.85. The molecule has 0 bridgehead atoms. The molecule has 2 rings (SSSR count). The van der Waals surface area contributed by atoms with Crippen LogP contribution >= 0.6 is 0 Å². The minimum atomic E-state index is -0.763. The van der Waals surface area contributed by atoms with Crippen LogP contribution in [0.15, 0.2) is 18.2 Å². The number of hydrogen-bond donors (Lipinski definition) is 2. The van der Waals surface area contributed by atoms with Gasteiger partial charge in [0.1, 0.15) is 17.4 Å². The van der Waals surface area contributed by atoms with Crippen LogP contribution in [-0.2, 0) is 25.5 Å². The molecule has 8 heteroatoms. The maximum absolute atomic E-state index is 12.7. The van der Waals surface area contributed by atoms with E-state index in [1.807, 2.05) is 6.92 Å². The van der Waals surface area contributed by atoms with Crippen molar-refractivity contribution in [3.63, 3.8) is 0 Å². The smallest absolute Gasteiger partial charge is 0.344 e. The highest BCUT2D eigenvalue weighted by Gasteiger charge is 2.29. The van der Waals surface area contributed by atoms with Gasteiger partial charge in [-0.3, -0.25) is 19.7 Å². The summed E-state index contributed by atoms with van der Waals surface area (Å²) >= 11 is 0. The third-order valence-electron chi connectivity index (χ3n) is 4.04. The molecular weight excluding hydrogens is 364 g/mol. The number of nitrogens with one attached hydrogen (secondary N) is 2. The monoisotopic (exact) mass is 390 g/mol. The number of piperidine rings is 1. The maximum Gasteiger partial charge on any atom is 0.344 e. The van der Waals surface area contributed by atoms with Crippen molar-refractivity contribution in [3.05, 3.63) is 29.3 Å². The number of carbonyl (C=O) groups excluding carboxylic acids is 4. The SMILES string of the molecule is CCc1c(OCC(=O)OC(C)(C)C)cccc1C(=O)NC1CCC(=O)NC1=O. The molecule has 3 amide bonds. The van der Waals surface area contributed by atoms with E-state index >= 15 is 0 Å². The van der Waals surface area contributed by atoms with Crippen LogP contribution in [-0.4, -0.2) is 41.9 Å². The van der Waals surface area contributed by atoms with Crippen molar-refractivity contribution in [3.8, 4) is 5.75 Å². The van der Waals surface area contributed by atoms with Gasteiger partial charge in [0.25, 0.3) is 5.91 Å². The Kier molecular flexibility index (Phi) is 6.77. The van der Waals surface area contributed by atoms with Crippen molar-refractivity contribution in [1.82, 2.24) is 10.6 Å². The molecule has 1 atom stereocenters. The van der Waals surface area contributed by atoms with Crippen molar-refractivity contribution >= 4 is 23.7 Å². The van der Waals surface area contributed by atoms with Gasteiger partial charge >= 0.3 is 5.97 Å². The van der Waals surface area contributed by atoms with Gasteiger partial charge < -0.3 is 14.8 Å². The molecule has 2 N–H and O–H groups in total. The number of hydrogen-bond acceptors (Lipinski definition) is 6. The predicted molar refractivity (Wildman–Crippen MR) is 101 cm³/mol. The molecule has 1 fully saturated rings. The minimum Gasteiger partial charge on any atom is -0.482 e. The number of amides is 3. The molecule has 0 aromatic heterocycles. The minimum absolute atomic E-state index is 0.177. The summed E-state index contributed by atoms with van der Waals surface area (Å²) in [6, 6.07) is 4.18. The molecule has 8 nitrogen and oxygen atoms in total. The molecule has 0 saturated carbocycles. The van der Waals surface area contributed by atoms with Gasteiger partial charge in [0.2, 0.25) is 11.8 Å². The molecule has 0 aliphatic carbocycles.